The maximum Gasteiger partial charge on any atom is 0.251 e. The summed E-state index contributed by atoms with van der Waals surface area (Å²) in [6, 6.07) is 19.9. The molecule has 0 radical (unpaired) electrons. The van der Waals surface area contributed by atoms with Crippen molar-refractivity contribution in [1.82, 2.24) is 20.1 Å². The second-order valence-corrected chi connectivity index (χ2v) is 10.9. The highest BCUT2D eigenvalue weighted by Crippen LogP contribution is 2.30. The number of carbonyl (C=O) groups excluding carboxylic acids is 2. The lowest BCUT2D eigenvalue weighted by Gasteiger charge is -2.29. The summed E-state index contributed by atoms with van der Waals surface area (Å²) in [5, 5.41) is 12.5. The number of thioether (sulfide) groups is 1. The van der Waals surface area contributed by atoms with Crippen LogP contribution in [0.2, 0.25) is 0 Å². The van der Waals surface area contributed by atoms with Crippen LogP contribution in [0.1, 0.15) is 50.4 Å². The van der Waals surface area contributed by atoms with Gasteiger partial charge in [-0.3, -0.25) is 14.2 Å². The molecule has 0 atom stereocenters. The van der Waals surface area contributed by atoms with E-state index in [1.54, 1.807) is 0 Å². The molecule has 3 aromatic carbocycles. The van der Waals surface area contributed by atoms with E-state index in [0.29, 0.717) is 16.5 Å². The van der Waals surface area contributed by atoms with Crippen LogP contribution in [0.5, 0.6) is 0 Å². The van der Waals surface area contributed by atoms with Crippen molar-refractivity contribution < 1.29 is 9.59 Å². The second kappa shape index (κ2) is 11.5. The van der Waals surface area contributed by atoms with Crippen molar-refractivity contribution in [1.29, 1.82) is 0 Å². The van der Waals surface area contributed by atoms with Crippen LogP contribution in [-0.4, -0.2) is 38.9 Å². The number of fused-ring (bicyclic) bond motifs is 1. The van der Waals surface area contributed by atoms with Crippen LogP contribution in [-0.2, 0) is 17.8 Å². The molecule has 2 amide bonds. The van der Waals surface area contributed by atoms with Crippen molar-refractivity contribution in [3.63, 3.8) is 0 Å². The lowest BCUT2D eigenvalue weighted by atomic mass is 10.0. The van der Waals surface area contributed by atoms with Gasteiger partial charge in [-0.15, -0.1) is 10.2 Å². The predicted octanol–water partition coefficient (Wildman–Crippen LogP) is 5.50. The average molecular weight is 540 g/mol. The van der Waals surface area contributed by atoms with Gasteiger partial charge in [0.25, 0.3) is 5.91 Å². The molecule has 0 aliphatic carbocycles. The van der Waals surface area contributed by atoms with Crippen LogP contribution in [0.15, 0.2) is 65.8 Å². The third kappa shape index (κ3) is 5.61. The van der Waals surface area contributed by atoms with Gasteiger partial charge in [-0.25, -0.2) is 0 Å². The van der Waals surface area contributed by atoms with Crippen molar-refractivity contribution in [2.75, 3.05) is 17.2 Å². The first-order valence-electron chi connectivity index (χ1n) is 13.2. The Balaban J connectivity index is 1.38. The molecule has 0 fully saturated rings. The SMILES string of the molecule is Cc1ccc(C(=O)NCc2nnc(SCC(=O)N3CCCc4ccccc43)n2-c2cccc(C)c2C)cc1C. The normalized spacial score (nSPS) is 12.8. The zero-order chi connectivity index (χ0) is 27.5. The van der Waals surface area contributed by atoms with Crippen LogP contribution in [0.25, 0.3) is 5.69 Å². The van der Waals surface area contributed by atoms with Gasteiger partial charge in [0.15, 0.2) is 11.0 Å². The number of benzene rings is 3. The molecule has 200 valence electrons. The Bertz CT molecular complexity index is 1540. The Hall–Kier alpha value is -3.91. The maximum absolute atomic E-state index is 13.3. The number of hydrogen-bond donors (Lipinski definition) is 1. The highest BCUT2D eigenvalue weighted by Gasteiger charge is 2.24. The van der Waals surface area contributed by atoms with Crippen LogP contribution < -0.4 is 10.2 Å². The molecule has 7 nitrogen and oxygen atoms in total. The van der Waals surface area contributed by atoms with E-state index in [4.69, 9.17) is 0 Å². The Labute approximate surface area is 233 Å². The number of anilines is 1. The molecule has 1 N–H and O–H groups in total. The number of para-hydroxylation sites is 1. The predicted molar refractivity (Wildman–Crippen MR) is 156 cm³/mol. The van der Waals surface area contributed by atoms with Gasteiger partial charge in [0.2, 0.25) is 5.91 Å². The molecule has 39 heavy (non-hydrogen) atoms. The molecule has 4 aromatic rings. The molecule has 2 heterocycles. The van der Waals surface area contributed by atoms with Crippen LogP contribution in [0.4, 0.5) is 5.69 Å². The highest BCUT2D eigenvalue weighted by molar-refractivity contribution is 7.99. The lowest BCUT2D eigenvalue weighted by molar-refractivity contribution is -0.116. The lowest BCUT2D eigenvalue weighted by Crippen LogP contribution is -2.36. The van der Waals surface area contributed by atoms with E-state index in [9.17, 15) is 9.59 Å². The fourth-order valence-corrected chi connectivity index (χ4v) is 5.71. The number of aromatic nitrogens is 3. The first-order valence-corrected chi connectivity index (χ1v) is 14.2. The van der Waals surface area contributed by atoms with E-state index in [1.165, 1.54) is 17.3 Å². The number of aryl methyl sites for hydroxylation is 4. The summed E-state index contributed by atoms with van der Waals surface area (Å²) < 4.78 is 1.96. The van der Waals surface area contributed by atoms with Crippen molar-refractivity contribution in [3.8, 4) is 5.69 Å². The van der Waals surface area contributed by atoms with E-state index >= 15 is 0 Å². The summed E-state index contributed by atoms with van der Waals surface area (Å²) in [7, 11) is 0. The second-order valence-electron chi connectivity index (χ2n) is 10.0. The maximum atomic E-state index is 13.3. The summed E-state index contributed by atoms with van der Waals surface area (Å²) in [6.45, 7) is 9.07. The average Bonchev–Trinajstić information content (AvgIpc) is 3.35. The Morgan fingerprint density at radius 2 is 1.69 bits per heavy atom. The molecule has 0 unspecified atom stereocenters. The summed E-state index contributed by atoms with van der Waals surface area (Å²) in [6.07, 6.45) is 1.95. The van der Waals surface area contributed by atoms with E-state index in [0.717, 1.165) is 53.0 Å². The first-order chi connectivity index (χ1) is 18.8. The Morgan fingerprint density at radius 1 is 0.897 bits per heavy atom. The Kier molecular flexibility index (Phi) is 7.84. The zero-order valence-electron chi connectivity index (χ0n) is 22.8. The molecule has 0 saturated carbocycles. The molecule has 1 aromatic heterocycles. The summed E-state index contributed by atoms with van der Waals surface area (Å²) in [5.41, 5.74) is 8.21. The van der Waals surface area contributed by atoms with Gasteiger partial charge in [0, 0.05) is 17.8 Å². The van der Waals surface area contributed by atoms with Gasteiger partial charge >= 0.3 is 0 Å². The van der Waals surface area contributed by atoms with Crippen LogP contribution >= 0.6 is 11.8 Å². The summed E-state index contributed by atoms with van der Waals surface area (Å²) in [5.74, 6) is 0.736. The molecular weight excluding hydrogens is 506 g/mol. The minimum atomic E-state index is -0.165. The topological polar surface area (TPSA) is 80.1 Å². The van der Waals surface area contributed by atoms with Crippen molar-refractivity contribution in [2.45, 2.75) is 52.2 Å². The van der Waals surface area contributed by atoms with Gasteiger partial charge in [-0.1, -0.05) is 48.2 Å². The monoisotopic (exact) mass is 539 g/mol. The first kappa shape index (κ1) is 26.7. The molecule has 0 bridgehead atoms. The number of rotatable bonds is 7. The van der Waals surface area contributed by atoms with Gasteiger partial charge in [-0.2, -0.15) is 0 Å². The van der Waals surface area contributed by atoms with Crippen LogP contribution in [0, 0.1) is 27.7 Å². The van der Waals surface area contributed by atoms with Crippen molar-refractivity contribution in [2.24, 2.45) is 0 Å². The molecule has 0 saturated heterocycles. The van der Waals surface area contributed by atoms with Gasteiger partial charge < -0.3 is 10.2 Å². The number of carbonyl (C=O) groups is 2. The van der Waals surface area contributed by atoms with E-state index in [2.05, 4.69) is 41.5 Å². The third-order valence-electron chi connectivity index (χ3n) is 7.43. The largest absolute Gasteiger partial charge is 0.345 e. The quantitative estimate of drug-likeness (QED) is 0.314. The highest BCUT2D eigenvalue weighted by atomic mass is 32.2. The molecular formula is C31H33N5O2S. The van der Waals surface area contributed by atoms with Gasteiger partial charge in [0.05, 0.1) is 18.0 Å². The summed E-state index contributed by atoms with van der Waals surface area (Å²) >= 11 is 1.37. The number of amides is 2. The van der Waals surface area contributed by atoms with E-state index < -0.39 is 0 Å². The molecule has 8 heteroatoms. The minimum absolute atomic E-state index is 0.0484. The van der Waals surface area contributed by atoms with Gasteiger partial charge in [0.1, 0.15) is 0 Å². The fraction of sp³-hybridized carbons (Fsp3) is 0.290. The molecule has 1 aliphatic rings. The van der Waals surface area contributed by atoms with E-state index in [1.807, 2.05) is 71.8 Å². The molecule has 5 rings (SSSR count). The number of nitrogens with one attached hydrogen (secondary N) is 1. The smallest absolute Gasteiger partial charge is 0.251 e. The van der Waals surface area contributed by atoms with Crippen molar-refractivity contribution >= 4 is 29.3 Å². The number of nitrogens with zero attached hydrogens (tertiary/aromatic N) is 4. The van der Waals surface area contributed by atoms with Crippen LogP contribution in [0.3, 0.4) is 0 Å². The number of hydrogen-bond acceptors (Lipinski definition) is 5. The molecule has 0 spiro atoms. The minimum Gasteiger partial charge on any atom is -0.345 e. The Morgan fingerprint density at radius 3 is 2.51 bits per heavy atom. The van der Waals surface area contributed by atoms with Crippen molar-refractivity contribution in [3.05, 3.63) is 99.9 Å². The third-order valence-corrected chi connectivity index (χ3v) is 8.34. The fourth-order valence-electron chi connectivity index (χ4n) is 4.87. The standard InChI is InChI=1S/C31H33N5O2S/c1-20-14-15-25(17-22(20)3)30(38)32-18-28-33-34-31(36(28)26-13-7-9-21(2)23(26)4)39-19-29(37)35-16-8-11-24-10-5-6-12-27(24)35/h5-7,9-10,12-15,17H,8,11,16,18-19H2,1-4H3,(H,32,38). The zero-order valence-corrected chi connectivity index (χ0v) is 23.6. The van der Waals surface area contributed by atoms with Gasteiger partial charge in [-0.05, 0) is 92.6 Å². The summed E-state index contributed by atoms with van der Waals surface area (Å²) in [4.78, 5) is 28.1. The molecule has 1 aliphatic heterocycles. The van der Waals surface area contributed by atoms with E-state index in [-0.39, 0.29) is 24.1 Å².